The largest absolute Gasteiger partial charge is 0.481 e. The molecule has 0 radical (unpaired) electrons. The molecule has 1 N–H and O–H groups in total. The molecule has 1 aromatic rings. The van der Waals surface area contributed by atoms with E-state index in [0.717, 1.165) is 35.2 Å². The number of carboxylic acid groups (broad SMARTS) is 1. The Morgan fingerprint density at radius 1 is 1.50 bits per heavy atom. The van der Waals surface area contributed by atoms with Crippen LogP contribution >= 0.6 is 11.3 Å². The number of aryl methyl sites for hydroxylation is 1. The minimum Gasteiger partial charge on any atom is -0.481 e. The van der Waals surface area contributed by atoms with Gasteiger partial charge in [0.25, 0.3) is 0 Å². The Morgan fingerprint density at radius 3 is 2.81 bits per heavy atom. The summed E-state index contributed by atoms with van der Waals surface area (Å²) in [4.78, 5) is 18.5. The van der Waals surface area contributed by atoms with Gasteiger partial charge in [-0.1, -0.05) is 0 Å². The topological polar surface area (TPSA) is 53.4 Å². The second-order valence-electron chi connectivity index (χ2n) is 4.16. The molecular formula is C11H16N2O2S. The summed E-state index contributed by atoms with van der Waals surface area (Å²) in [6, 6.07) is 0. The van der Waals surface area contributed by atoms with E-state index in [0.29, 0.717) is 0 Å². The summed E-state index contributed by atoms with van der Waals surface area (Å²) in [6.07, 6.45) is 2.56. The molecule has 0 unspecified atom stereocenters. The fourth-order valence-corrected chi connectivity index (χ4v) is 3.06. The summed E-state index contributed by atoms with van der Waals surface area (Å²) < 4.78 is 0. The molecule has 1 saturated heterocycles. The third-order valence-corrected chi connectivity index (χ3v) is 3.77. The second-order valence-corrected chi connectivity index (χ2v) is 5.44. The quantitative estimate of drug-likeness (QED) is 0.870. The van der Waals surface area contributed by atoms with Crippen LogP contribution in [0, 0.1) is 6.92 Å². The summed E-state index contributed by atoms with van der Waals surface area (Å²) in [5.41, 5.74) is 0.752. The summed E-state index contributed by atoms with van der Waals surface area (Å²) in [7, 11) is 0. The molecule has 2 rings (SSSR count). The molecule has 0 bridgehead atoms. The fourth-order valence-electron chi connectivity index (χ4n) is 2.06. The van der Waals surface area contributed by atoms with Crippen LogP contribution in [-0.2, 0) is 17.8 Å². The van der Waals surface area contributed by atoms with Gasteiger partial charge < -0.3 is 5.11 Å². The molecule has 0 atom stereocenters. The van der Waals surface area contributed by atoms with Crippen molar-refractivity contribution in [1.82, 2.24) is 9.88 Å². The Bertz CT molecular complexity index is 383. The SMILES string of the molecule is Cc1nc(CC(=O)O)c(CN2CCCC2)s1. The van der Waals surface area contributed by atoms with E-state index in [1.165, 1.54) is 12.8 Å². The van der Waals surface area contributed by atoms with Gasteiger partial charge >= 0.3 is 5.97 Å². The maximum Gasteiger partial charge on any atom is 0.309 e. The summed E-state index contributed by atoms with van der Waals surface area (Å²) in [5.74, 6) is -0.798. The number of carboxylic acids is 1. The van der Waals surface area contributed by atoms with Crippen molar-refractivity contribution in [1.29, 1.82) is 0 Å². The predicted molar refractivity (Wildman–Crippen MR) is 62.7 cm³/mol. The van der Waals surface area contributed by atoms with Crippen LogP contribution in [0.4, 0.5) is 0 Å². The number of likely N-dealkylation sites (tertiary alicyclic amines) is 1. The van der Waals surface area contributed by atoms with Gasteiger partial charge in [0.1, 0.15) is 0 Å². The maximum absolute atomic E-state index is 10.7. The van der Waals surface area contributed by atoms with E-state index in [-0.39, 0.29) is 6.42 Å². The summed E-state index contributed by atoms with van der Waals surface area (Å²) in [6.45, 7) is 5.06. The zero-order valence-corrected chi connectivity index (χ0v) is 10.2. The molecule has 1 fully saturated rings. The molecular weight excluding hydrogens is 224 g/mol. The lowest BCUT2D eigenvalue weighted by Gasteiger charge is -2.13. The standard InChI is InChI=1S/C11H16N2O2S/c1-8-12-9(6-11(14)15)10(16-8)7-13-4-2-3-5-13/h2-7H2,1H3,(H,14,15). The molecule has 88 valence electrons. The minimum atomic E-state index is -0.798. The van der Waals surface area contributed by atoms with Gasteiger partial charge in [-0.05, 0) is 32.9 Å². The first-order valence-corrected chi connectivity index (χ1v) is 6.36. The first-order valence-electron chi connectivity index (χ1n) is 5.54. The average Bonchev–Trinajstić information content (AvgIpc) is 2.77. The van der Waals surface area contributed by atoms with Crippen LogP contribution in [0.2, 0.25) is 0 Å². The van der Waals surface area contributed by atoms with Gasteiger partial charge in [0.15, 0.2) is 0 Å². The number of hydrogen-bond donors (Lipinski definition) is 1. The van der Waals surface area contributed by atoms with Gasteiger partial charge in [0, 0.05) is 11.4 Å². The van der Waals surface area contributed by atoms with E-state index in [2.05, 4.69) is 9.88 Å². The average molecular weight is 240 g/mol. The first kappa shape index (κ1) is 11.5. The lowest BCUT2D eigenvalue weighted by atomic mass is 10.2. The highest BCUT2D eigenvalue weighted by molar-refractivity contribution is 7.11. The molecule has 2 heterocycles. The normalized spacial score (nSPS) is 16.8. The third-order valence-electron chi connectivity index (χ3n) is 2.77. The van der Waals surface area contributed by atoms with E-state index >= 15 is 0 Å². The molecule has 0 spiro atoms. The highest BCUT2D eigenvalue weighted by Crippen LogP contribution is 2.22. The van der Waals surface area contributed by atoms with Crippen molar-refractivity contribution >= 4 is 17.3 Å². The van der Waals surface area contributed by atoms with Crippen molar-refractivity contribution in [3.05, 3.63) is 15.6 Å². The number of carbonyl (C=O) groups is 1. The van der Waals surface area contributed by atoms with Crippen LogP contribution in [0.25, 0.3) is 0 Å². The number of nitrogens with zero attached hydrogens (tertiary/aromatic N) is 2. The van der Waals surface area contributed by atoms with Gasteiger partial charge in [-0.15, -0.1) is 11.3 Å². The van der Waals surface area contributed by atoms with Gasteiger partial charge in [0.2, 0.25) is 0 Å². The van der Waals surface area contributed by atoms with Crippen LogP contribution in [0.1, 0.15) is 28.4 Å². The van der Waals surface area contributed by atoms with Crippen LogP contribution in [0.3, 0.4) is 0 Å². The molecule has 1 aliphatic rings. The fraction of sp³-hybridized carbons (Fsp3) is 0.636. The van der Waals surface area contributed by atoms with E-state index in [4.69, 9.17) is 5.11 Å². The summed E-state index contributed by atoms with van der Waals surface area (Å²) in [5, 5.41) is 9.78. The van der Waals surface area contributed by atoms with Crippen molar-refractivity contribution in [3.8, 4) is 0 Å². The van der Waals surface area contributed by atoms with E-state index in [9.17, 15) is 4.79 Å². The molecule has 1 aromatic heterocycles. The number of rotatable bonds is 4. The number of aliphatic carboxylic acids is 1. The van der Waals surface area contributed by atoms with Crippen LogP contribution in [0.5, 0.6) is 0 Å². The Balaban J connectivity index is 2.08. The summed E-state index contributed by atoms with van der Waals surface area (Å²) >= 11 is 1.63. The van der Waals surface area contributed by atoms with Crippen molar-refractivity contribution in [2.75, 3.05) is 13.1 Å². The molecule has 1 aliphatic heterocycles. The predicted octanol–water partition coefficient (Wildman–Crippen LogP) is 1.67. The lowest BCUT2D eigenvalue weighted by Crippen LogP contribution is -2.19. The molecule has 16 heavy (non-hydrogen) atoms. The van der Waals surface area contributed by atoms with Gasteiger partial charge in [-0.3, -0.25) is 9.69 Å². The maximum atomic E-state index is 10.7. The second kappa shape index (κ2) is 4.93. The number of thiazole rings is 1. The van der Waals surface area contributed by atoms with Crippen molar-refractivity contribution < 1.29 is 9.90 Å². The van der Waals surface area contributed by atoms with Crippen LogP contribution in [-0.4, -0.2) is 34.0 Å². The molecule has 0 aliphatic carbocycles. The molecule has 5 heteroatoms. The van der Waals surface area contributed by atoms with Gasteiger partial charge in [-0.2, -0.15) is 0 Å². The molecule has 0 saturated carbocycles. The van der Waals surface area contributed by atoms with Gasteiger partial charge in [-0.25, -0.2) is 4.98 Å². The number of hydrogen-bond acceptors (Lipinski definition) is 4. The first-order chi connectivity index (χ1) is 7.65. The smallest absolute Gasteiger partial charge is 0.309 e. The lowest BCUT2D eigenvalue weighted by molar-refractivity contribution is -0.136. The zero-order chi connectivity index (χ0) is 11.5. The monoisotopic (exact) mass is 240 g/mol. The van der Waals surface area contributed by atoms with Crippen LogP contribution < -0.4 is 0 Å². The highest BCUT2D eigenvalue weighted by Gasteiger charge is 2.17. The van der Waals surface area contributed by atoms with Gasteiger partial charge in [0.05, 0.1) is 17.1 Å². The molecule has 0 aromatic carbocycles. The minimum absolute atomic E-state index is 0.0491. The van der Waals surface area contributed by atoms with Crippen molar-refractivity contribution in [2.45, 2.75) is 32.7 Å². The van der Waals surface area contributed by atoms with E-state index < -0.39 is 5.97 Å². The van der Waals surface area contributed by atoms with E-state index in [1.807, 2.05) is 6.92 Å². The van der Waals surface area contributed by atoms with Crippen molar-refractivity contribution in [2.24, 2.45) is 0 Å². The Labute approximate surface area is 98.9 Å². The van der Waals surface area contributed by atoms with E-state index in [1.54, 1.807) is 11.3 Å². The Kier molecular flexibility index (Phi) is 3.56. The Morgan fingerprint density at radius 2 is 2.19 bits per heavy atom. The third kappa shape index (κ3) is 2.80. The van der Waals surface area contributed by atoms with Crippen molar-refractivity contribution in [3.63, 3.8) is 0 Å². The van der Waals surface area contributed by atoms with Crippen LogP contribution in [0.15, 0.2) is 0 Å². The molecule has 4 nitrogen and oxygen atoms in total. The zero-order valence-electron chi connectivity index (χ0n) is 9.40. The Hall–Kier alpha value is -0.940. The molecule has 0 amide bonds. The number of aromatic nitrogens is 1. The highest BCUT2D eigenvalue weighted by atomic mass is 32.1.